The number of halogens is 1. The summed E-state index contributed by atoms with van der Waals surface area (Å²) in [7, 11) is 1.53. The monoisotopic (exact) mass is 332 g/mol. The topological polar surface area (TPSA) is 103 Å². The highest BCUT2D eigenvalue weighted by Gasteiger charge is 2.13. The SMILES string of the molecule is COc1ccc(C(=O)O)cc1Cn1ccc2nc(N)nc(Cl)c21. The number of carboxylic acid groups (broad SMARTS) is 1. The van der Waals surface area contributed by atoms with E-state index in [1.165, 1.54) is 13.2 Å². The summed E-state index contributed by atoms with van der Waals surface area (Å²) >= 11 is 6.15. The van der Waals surface area contributed by atoms with Crippen LogP contribution in [0.5, 0.6) is 5.75 Å². The lowest BCUT2D eigenvalue weighted by Crippen LogP contribution is -2.05. The molecule has 0 bridgehead atoms. The van der Waals surface area contributed by atoms with Crippen LogP contribution in [0.4, 0.5) is 5.95 Å². The minimum absolute atomic E-state index is 0.103. The van der Waals surface area contributed by atoms with Gasteiger partial charge in [-0.15, -0.1) is 0 Å². The Morgan fingerprint density at radius 2 is 2.17 bits per heavy atom. The summed E-state index contributed by atoms with van der Waals surface area (Å²) in [5.41, 5.74) is 7.72. The molecule has 1 aromatic carbocycles. The Morgan fingerprint density at radius 1 is 1.39 bits per heavy atom. The number of nitrogens with two attached hydrogens (primary N) is 1. The fourth-order valence-electron chi connectivity index (χ4n) is 2.43. The van der Waals surface area contributed by atoms with Gasteiger partial charge in [0.15, 0.2) is 5.15 Å². The van der Waals surface area contributed by atoms with Crippen LogP contribution in [0.2, 0.25) is 5.15 Å². The average Bonchev–Trinajstić information content (AvgIpc) is 2.90. The Hall–Kier alpha value is -2.80. The van der Waals surface area contributed by atoms with Gasteiger partial charge in [-0.3, -0.25) is 0 Å². The molecule has 7 nitrogen and oxygen atoms in total. The first-order chi connectivity index (χ1) is 11.0. The fraction of sp³-hybridized carbons (Fsp3) is 0.133. The Morgan fingerprint density at radius 3 is 2.87 bits per heavy atom. The molecule has 0 atom stereocenters. The van der Waals surface area contributed by atoms with Crippen LogP contribution < -0.4 is 10.5 Å². The van der Waals surface area contributed by atoms with E-state index in [0.29, 0.717) is 28.9 Å². The number of fused-ring (bicyclic) bond motifs is 1. The molecule has 3 aromatic rings. The quantitative estimate of drug-likeness (QED) is 0.711. The molecule has 8 heteroatoms. The van der Waals surface area contributed by atoms with E-state index in [4.69, 9.17) is 27.2 Å². The lowest BCUT2D eigenvalue weighted by atomic mass is 10.1. The van der Waals surface area contributed by atoms with Crippen molar-refractivity contribution in [1.82, 2.24) is 14.5 Å². The second-order valence-corrected chi connectivity index (χ2v) is 5.24. The van der Waals surface area contributed by atoms with Crippen LogP contribution in [0.1, 0.15) is 15.9 Å². The summed E-state index contributed by atoms with van der Waals surface area (Å²) in [6.45, 7) is 0.362. The summed E-state index contributed by atoms with van der Waals surface area (Å²) in [5.74, 6) is -0.310. The Bertz CT molecular complexity index is 907. The number of nitrogens with zero attached hydrogens (tertiary/aromatic N) is 3. The molecule has 23 heavy (non-hydrogen) atoms. The number of aromatic carboxylic acids is 1. The summed E-state index contributed by atoms with van der Waals surface area (Å²) < 4.78 is 7.12. The zero-order valence-electron chi connectivity index (χ0n) is 12.2. The molecule has 0 saturated carbocycles. The zero-order valence-corrected chi connectivity index (χ0v) is 12.9. The maximum Gasteiger partial charge on any atom is 0.335 e. The predicted octanol–water partition coefficient (Wildman–Crippen LogP) is 2.42. The molecule has 0 aliphatic heterocycles. The molecule has 0 fully saturated rings. The largest absolute Gasteiger partial charge is 0.496 e. The number of ether oxygens (including phenoxy) is 1. The van der Waals surface area contributed by atoms with Crippen molar-refractivity contribution in [3.63, 3.8) is 0 Å². The summed E-state index contributed by atoms with van der Waals surface area (Å²) in [6.07, 6.45) is 1.79. The minimum atomic E-state index is -1.000. The van der Waals surface area contributed by atoms with Gasteiger partial charge in [-0.1, -0.05) is 11.6 Å². The molecule has 0 aliphatic rings. The van der Waals surface area contributed by atoms with Crippen LogP contribution in [-0.4, -0.2) is 32.7 Å². The maximum atomic E-state index is 11.2. The van der Waals surface area contributed by atoms with Gasteiger partial charge in [0, 0.05) is 11.8 Å². The number of benzene rings is 1. The lowest BCUT2D eigenvalue weighted by Gasteiger charge is -2.12. The van der Waals surface area contributed by atoms with Gasteiger partial charge < -0.3 is 20.1 Å². The third-order valence-electron chi connectivity index (χ3n) is 3.45. The van der Waals surface area contributed by atoms with Crippen LogP contribution in [0.25, 0.3) is 11.0 Å². The Labute approximate surface area is 136 Å². The second-order valence-electron chi connectivity index (χ2n) is 4.88. The molecule has 3 rings (SSSR count). The Kier molecular flexibility index (Phi) is 3.79. The van der Waals surface area contributed by atoms with Crippen LogP contribution in [0, 0.1) is 0 Å². The summed E-state index contributed by atoms with van der Waals surface area (Å²) in [4.78, 5) is 19.2. The van der Waals surface area contributed by atoms with Crippen LogP contribution in [0.15, 0.2) is 30.5 Å². The molecule has 0 amide bonds. The third kappa shape index (κ3) is 2.78. The van der Waals surface area contributed by atoms with Gasteiger partial charge in [-0.25, -0.2) is 9.78 Å². The van der Waals surface area contributed by atoms with Crippen molar-refractivity contribution in [2.75, 3.05) is 12.8 Å². The zero-order chi connectivity index (χ0) is 16.6. The summed E-state index contributed by atoms with van der Waals surface area (Å²) in [6, 6.07) is 6.46. The van der Waals surface area contributed by atoms with E-state index in [1.54, 1.807) is 24.4 Å². The van der Waals surface area contributed by atoms with Gasteiger partial charge in [-0.05, 0) is 24.3 Å². The molecular formula is C15H13ClN4O3. The first kappa shape index (κ1) is 15.1. The van der Waals surface area contributed by atoms with Crippen LogP contribution >= 0.6 is 11.6 Å². The van der Waals surface area contributed by atoms with E-state index in [0.717, 1.165) is 0 Å². The lowest BCUT2D eigenvalue weighted by molar-refractivity contribution is 0.0696. The summed E-state index contributed by atoms with van der Waals surface area (Å²) in [5, 5.41) is 9.38. The number of carboxylic acids is 1. The van der Waals surface area contributed by atoms with Crippen molar-refractivity contribution >= 4 is 34.6 Å². The van der Waals surface area contributed by atoms with Crippen LogP contribution in [-0.2, 0) is 6.54 Å². The highest BCUT2D eigenvalue weighted by molar-refractivity contribution is 6.33. The number of methoxy groups -OCH3 is 1. The van der Waals surface area contributed by atoms with E-state index in [2.05, 4.69) is 9.97 Å². The molecule has 118 valence electrons. The van der Waals surface area contributed by atoms with Crippen molar-refractivity contribution in [2.24, 2.45) is 0 Å². The number of hydrogen-bond donors (Lipinski definition) is 2. The third-order valence-corrected chi connectivity index (χ3v) is 3.72. The maximum absolute atomic E-state index is 11.2. The first-order valence-corrected chi connectivity index (χ1v) is 7.05. The van der Waals surface area contributed by atoms with E-state index in [9.17, 15) is 4.79 Å². The fourth-order valence-corrected chi connectivity index (χ4v) is 2.72. The number of hydrogen-bond acceptors (Lipinski definition) is 5. The smallest absolute Gasteiger partial charge is 0.335 e. The molecule has 0 spiro atoms. The van der Waals surface area contributed by atoms with Crippen molar-refractivity contribution in [3.05, 3.63) is 46.7 Å². The normalized spacial score (nSPS) is 10.9. The van der Waals surface area contributed by atoms with Crippen molar-refractivity contribution in [2.45, 2.75) is 6.54 Å². The molecule has 0 unspecified atom stereocenters. The number of anilines is 1. The van der Waals surface area contributed by atoms with E-state index in [-0.39, 0.29) is 16.7 Å². The van der Waals surface area contributed by atoms with E-state index >= 15 is 0 Å². The molecule has 3 N–H and O–H groups in total. The molecule has 0 saturated heterocycles. The molecule has 2 aromatic heterocycles. The second kappa shape index (κ2) is 5.77. The van der Waals surface area contributed by atoms with Gasteiger partial charge in [0.25, 0.3) is 0 Å². The highest BCUT2D eigenvalue weighted by Crippen LogP contribution is 2.26. The number of rotatable bonds is 4. The first-order valence-electron chi connectivity index (χ1n) is 6.67. The van der Waals surface area contributed by atoms with Crippen molar-refractivity contribution in [1.29, 1.82) is 0 Å². The van der Waals surface area contributed by atoms with Gasteiger partial charge in [-0.2, -0.15) is 4.98 Å². The molecular weight excluding hydrogens is 320 g/mol. The van der Waals surface area contributed by atoms with E-state index < -0.39 is 5.97 Å². The number of aromatic nitrogens is 3. The average molecular weight is 333 g/mol. The van der Waals surface area contributed by atoms with Crippen molar-refractivity contribution in [3.8, 4) is 5.75 Å². The van der Waals surface area contributed by atoms with E-state index in [1.807, 2.05) is 4.57 Å². The molecule has 0 aliphatic carbocycles. The van der Waals surface area contributed by atoms with Crippen molar-refractivity contribution < 1.29 is 14.6 Å². The van der Waals surface area contributed by atoms with Gasteiger partial charge in [0.1, 0.15) is 11.3 Å². The minimum Gasteiger partial charge on any atom is -0.496 e. The van der Waals surface area contributed by atoms with Gasteiger partial charge in [0.2, 0.25) is 5.95 Å². The number of carbonyl (C=O) groups is 1. The van der Waals surface area contributed by atoms with Crippen LogP contribution in [0.3, 0.4) is 0 Å². The predicted molar refractivity (Wildman–Crippen MR) is 86.0 cm³/mol. The Balaban J connectivity index is 2.08. The number of nitrogen functional groups attached to an aromatic ring is 1. The molecule has 2 heterocycles. The highest BCUT2D eigenvalue weighted by atomic mass is 35.5. The van der Waals surface area contributed by atoms with Gasteiger partial charge >= 0.3 is 5.97 Å². The molecule has 0 radical (unpaired) electrons. The standard InChI is InChI=1S/C15H13ClN4O3/c1-23-11-3-2-8(14(21)22)6-9(11)7-20-5-4-10-12(20)13(16)19-15(17)18-10/h2-6H,7H2,1H3,(H,21,22)(H2,17,18,19). The van der Waals surface area contributed by atoms with Gasteiger partial charge in [0.05, 0.1) is 24.7 Å².